The van der Waals surface area contributed by atoms with Crippen LogP contribution in [0.15, 0.2) is 54.0 Å². The Labute approximate surface area is 208 Å². The van der Waals surface area contributed by atoms with E-state index in [0.717, 1.165) is 28.6 Å². The van der Waals surface area contributed by atoms with Gasteiger partial charge in [0.25, 0.3) is 5.91 Å². The van der Waals surface area contributed by atoms with Gasteiger partial charge in [-0.25, -0.2) is 4.98 Å². The molecule has 3 unspecified atom stereocenters. The summed E-state index contributed by atoms with van der Waals surface area (Å²) in [6, 6.07) is 12.1. The normalized spacial score (nSPS) is 13.4. The molecule has 3 aromatic rings. The van der Waals surface area contributed by atoms with Gasteiger partial charge < -0.3 is 20.7 Å². The number of rotatable bonds is 12. The summed E-state index contributed by atoms with van der Waals surface area (Å²) in [5, 5.41) is 8.15. The maximum Gasteiger partial charge on any atom is 0.251 e. The van der Waals surface area contributed by atoms with Crippen molar-refractivity contribution in [1.29, 1.82) is 0 Å². The molecule has 0 radical (unpaired) electrons. The molecule has 3 N–H and O–H groups in total. The number of aldehydes is 1. The van der Waals surface area contributed by atoms with Gasteiger partial charge in [-0.3, -0.25) is 14.4 Å². The first-order chi connectivity index (χ1) is 16.9. The van der Waals surface area contributed by atoms with Crippen molar-refractivity contribution in [3.8, 4) is 0 Å². The summed E-state index contributed by atoms with van der Waals surface area (Å²) in [7, 11) is 0. The van der Waals surface area contributed by atoms with Crippen molar-refractivity contribution in [1.82, 2.24) is 20.9 Å². The van der Waals surface area contributed by atoms with E-state index in [0.29, 0.717) is 18.3 Å². The maximum absolute atomic E-state index is 13.1. The van der Waals surface area contributed by atoms with Crippen LogP contribution in [0.25, 0.3) is 10.2 Å². The summed E-state index contributed by atoms with van der Waals surface area (Å²) in [4.78, 5) is 54.2. The lowest BCUT2D eigenvalue weighted by Crippen LogP contribution is -2.54. The average Bonchev–Trinajstić information content (AvgIpc) is 3.34. The van der Waals surface area contributed by atoms with Gasteiger partial charge >= 0.3 is 0 Å². The van der Waals surface area contributed by atoms with Crippen LogP contribution >= 0.6 is 11.3 Å². The van der Waals surface area contributed by atoms with E-state index >= 15 is 0 Å². The average molecular weight is 495 g/mol. The topological polar surface area (TPSA) is 117 Å². The van der Waals surface area contributed by atoms with Crippen molar-refractivity contribution in [2.45, 2.75) is 57.7 Å². The second-order valence-electron chi connectivity index (χ2n) is 8.37. The SMILES string of the molecule is CCCCC(C=O)NC(=O)C(C)NC(=O)C(Cc1ccccc1)NC(=O)c1ccc2ncsc2c1. The molecule has 0 aliphatic rings. The summed E-state index contributed by atoms with van der Waals surface area (Å²) >= 11 is 1.43. The fourth-order valence-corrected chi connectivity index (χ4v) is 4.30. The minimum atomic E-state index is -0.903. The molecule has 3 atom stereocenters. The van der Waals surface area contributed by atoms with Crippen LogP contribution < -0.4 is 16.0 Å². The second kappa shape index (κ2) is 12.8. The third-order valence-electron chi connectivity index (χ3n) is 5.61. The van der Waals surface area contributed by atoms with Crippen molar-refractivity contribution < 1.29 is 19.2 Å². The monoisotopic (exact) mass is 494 g/mol. The summed E-state index contributed by atoms with van der Waals surface area (Å²) < 4.78 is 0.875. The highest BCUT2D eigenvalue weighted by atomic mass is 32.1. The molecule has 35 heavy (non-hydrogen) atoms. The Morgan fingerprint density at radius 2 is 1.80 bits per heavy atom. The number of nitrogens with zero attached hydrogens (tertiary/aromatic N) is 1. The molecular formula is C26H30N4O4S. The van der Waals surface area contributed by atoms with E-state index < -0.39 is 35.8 Å². The van der Waals surface area contributed by atoms with E-state index in [-0.39, 0.29) is 6.42 Å². The first-order valence-corrected chi connectivity index (χ1v) is 12.5. The standard InChI is InChI=1S/C26H30N4O4S/c1-3-4-10-20(15-31)29-24(32)17(2)28-26(34)22(13-18-8-6-5-7-9-18)30-25(33)19-11-12-21-23(14-19)35-16-27-21/h5-9,11-12,14-17,20,22H,3-4,10,13H2,1-2H3,(H,28,34)(H,29,32)(H,30,33). The lowest BCUT2D eigenvalue weighted by Gasteiger charge is -2.22. The zero-order valence-electron chi connectivity index (χ0n) is 19.8. The van der Waals surface area contributed by atoms with Gasteiger partial charge in [-0.05, 0) is 37.1 Å². The molecular weight excluding hydrogens is 464 g/mol. The van der Waals surface area contributed by atoms with Crippen molar-refractivity contribution in [3.63, 3.8) is 0 Å². The van der Waals surface area contributed by atoms with Gasteiger partial charge in [-0.15, -0.1) is 11.3 Å². The van der Waals surface area contributed by atoms with Gasteiger partial charge in [-0.2, -0.15) is 0 Å². The molecule has 1 aromatic heterocycles. The molecule has 0 aliphatic heterocycles. The summed E-state index contributed by atoms with van der Waals surface area (Å²) in [6.45, 7) is 3.55. The van der Waals surface area contributed by atoms with Gasteiger partial charge in [0.15, 0.2) is 0 Å². The molecule has 3 rings (SSSR count). The van der Waals surface area contributed by atoms with Crippen LogP contribution in [0.2, 0.25) is 0 Å². The zero-order chi connectivity index (χ0) is 25.2. The first-order valence-electron chi connectivity index (χ1n) is 11.6. The summed E-state index contributed by atoms with van der Waals surface area (Å²) in [5.74, 6) is -1.33. The molecule has 8 nitrogen and oxygen atoms in total. The predicted molar refractivity (Wildman–Crippen MR) is 136 cm³/mol. The fraction of sp³-hybridized carbons (Fsp3) is 0.346. The second-order valence-corrected chi connectivity index (χ2v) is 9.26. The number of nitrogens with one attached hydrogen (secondary N) is 3. The van der Waals surface area contributed by atoms with E-state index in [2.05, 4.69) is 20.9 Å². The molecule has 184 valence electrons. The van der Waals surface area contributed by atoms with Crippen LogP contribution in [0.1, 0.15) is 49.0 Å². The molecule has 0 aliphatic carbocycles. The minimum absolute atomic E-state index is 0.253. The van der Waals surface area contributed by atoms with Crippen LogP contribution in [0.5, 0.6) is 0 Å². The number of amides is 3. The van der Waals surface area contributed by atoms with Crippen LogP contribution in [-0.2, 0) is 20.8 Å². The first kappa shape index (κ1) is 26.0. The van der Waals surface area contributed by atoms with Crippen molar-refractivity contribution >= 4 is 45.6 Å². The van der Waals surface area contributed by atoms with E-state index in [4.69, 9.17) is 0 Å². The van der Waals surface area contributed by atoms with Crippen LogP contribution in [0, 0.1) is 0 Å². The highest BCUT2D eigenvalue weighted by Crippen LogP contribution is 2.19. The Balaban J connectivity index is 1.70. The molecule has 9 heteroatoms. The zero-order valence-corrected chi connectivity index (χ0v) is 20.6. The van der Waals surface area contributed by atoms with E-state index in [1.807, 2.05) is 37.3 Å². The molecule has 0 saturated carbocycles. The van der Waals surface area contributed by atoms with Gasteiger partial charge in [-0.1, -0.05) is 50.1 Å². The van der Waals surface area contributed by atoms with Gasteiger partial charge in [0.1, 0.15) is 18.4 Å². The number of benzene rings is 2. The minimum Gasteiger partial charge on any atom is -0.345 e. The molecule has 0 saturated heterocycles. The Bertz CT molecular complexity index is 1160. The number of unbranched alkanes of at least 4 members (excludes halogenated alkanes) is 1. The highest BCUT2D eigenvalue weighted by molar-refractivity contribution is 7.16. The van der Waals surface area contributed by atoms with E-state index in [1.54, 1.807) is 30.6 Å². The maximum atomic E-state index is 13.1. The number of hydrogen-bond acceptors (Lipinski definition) is 6. The molecule has 0 bridgehead atoms. The van der Waals surface area contributed by atoms with Gasteiger partial charge in [0.2, 0.25) is 11.8 Å². The highest BCUT2D eigenvalue weighted by Gasteiger charge is 2.26. The third kappa shape index (κ3) is 7.45. The van der Waals surface area contributed by atoms with Crippen LogP contribution in [-0.4, -0.2) is 47.1 Å². The smallest absolute Gasteiger partial charge is 0.251 e. The fourth-order valence-electron chi connectivity index (χ4n) is 3.58. The molecule has 2 aromatic carbocycles. The Kier molecular flexibility index (Phi) is 9.48. The molecule has 0 spiro atoms. The van der Waals surface area contributed by atoms with Gasteiger partial charge in [0.05, 0.1) is 21.8 Å². The number of carbonyl (C=O) groups excluding carboxylic acids is 4. The quantitative estimate of drug-likeness (QED) is 0.335. The van der Waals surface area contributed by atoms with E-state index in [1.165, 1.54) is 11.3 Å². The predicted octanol–water partition coefficient (Wildman–Crippen LogP) is 3.02. The number of fused-ring (bicyclic) bond motifs is 1. The lowest BCUT2D eigenvalue weighted by molar-refractivity contribution is -0.130. The molecule has 1 heterocycles. The Morgan fingerprint density at radius 3 is 2.51 bits per heavy atom. The number of hydrogen-bond donors (Lipinski definition) is 3. The van der Waals surface area contributed by atoms with Crippen molar-refractivity contribution in [2.24, 2.45) is 0 Å². The van der Waals surface area contributed by atoms with Crippen LogP contribution in [0.4, 0.5) is 0 Å². The van der Waals surface area contributed by atoms with Crippen LogP contribution in [0.3, 0.4) is 0 Å². The van der Waals surface area contributed by atoms with Crippen molar-refractivity contribution in [3.05, 3.63) is 65.2 Å². The molecule has 3 amide bonds. The molecule has 0 fully saturated rings. The Hall–Kier alpha value is -3.59. The van der Waals surface area contributed by atoms with Crippen molar-refractivity contribution in [2.75, 3.05) is 0 Å². The largest absolute Gasteiger partial charge is 0.345 e. The number of thiazole rings is 1. The van der Waals surface area contributed by atoms with Gasteiger partial charge in [0, 0.05) is 12.0 Å². The van der Waals surface area contributed by atoms with E-state index in [9.17, 15) is 19.2 Å². The summed E-state index contributed by atoms with van der Waals surface area (Å²) in [5.41, 5.74) is 3.80. The summed E-state index contributed by atoms with van der Waals surface area (Å²) in [6.07, 6.45) is 3.22. The third-order valence-corrected chi connectivity index (χ3v) is 6.40. The number of carbonyl (C=O) groups is 4. The lowest BCUT2D eigenvalue weighted by atomic mass is 10.0. The number of aromatic nitrogens is 1. The Morgan fingerprint density at radius 1 is 1.03 bits per heavy atom.